The number of aliphatic hydroxyl groups excluding tert-OH is 1. The molecule has 0 aliphatic heterocycles. The van der Waals surface area contributed by atoms with Gasteiger partial charge in [0.2, 0.25) is 0 Å². The SMILES string of the molecule is C=C(C)C(=O)OCCC(O)C(CCOC(=O)C(=C)C)(CCOC(=O)C(=C)C)n1c(=O)[nH]c(=O)[nH]c1=O. The zero-order chi connectivity index (χ0) is 27.6. The summed E-state index contributed by atoms with van der Waals surface area (Å²) >= 11 is 0. The molecule has 0 saturated carbocycles. The number of ether oxygens (including phenoxy) is 3. The van der Waals surface area contributed by atoms with E-state index in [1.807, 2.05) is 9.97 Å². The van der Waals surface area contributed by atoms with Crippen molar-refractivity contribution in [3.8, 4) is 0 Å². The van der Waals surface area contributed by atoms with Crippen molar-refractivity contribution in [2.24, 2.45) is 0 Å². The number of carbonyl (C=O) groups excluding carboxylic acids is 3. The number of H-pyrrole nitrogens is 2. The largest absolute Gasteiger partial charge is 0.462 e. The van der Waals surface area contributed by atoms with Crippen molar-refractivity contribution >= 4 is 17.9 Å². The van der Waals surface area contributed by atoms with Crippen LogP contribution in [0.15, 0.2) is 50.8 Å². The molecule has 13 heteroatoms. The molecule has 1 aromatic heterocycles. The van der Waals surface area contributed by atoms with Crippen LogP contribution in [0, 0.1) is 0 Å². The molecule has 13 nitrogen and oxygen atoms in total. The van der Waals surface area contributed by atoms with E-state index in [-0.39, 0.29) is 42.6 Å². The van der Waals surface area contributed by atoms with Gasteiger partial charge in [-0.2, -0.15) is 0 Å². The second-order valence-electron chi connectivity index (χ2n) is 8.18. The fourth-order valence-corrected chi connectivity index (χ4v) is 3.21. The van der Waals surface area contributed by atoms with Crippen molar-refractivity contribution in [1.82, 2.24) is 14.5 Å². The van der Waals surface area contributed by atoms with E-state index in [1.54, 1.807) is 0 Å². The summed E-state index contributed by atoms with van der Waals surface area (Å²) in [4.78, 5) is 76.4. The van der Waals surface area contributed by atoms with Crippen LogP contribution < -0.4 is 17.1 Å². The molecule has 198 valence electrons. The van der Waals surface area contributed by atoms with Gasteiger partial charge in [-0.1, -0.05) is 19.7 Å². The second kappa shape index (κ2) is 13.2. The third kappa shape index (κ3) is 8.05. The van der Waals surface area contributed by atoms with Crippen LogP contribution in [0.3, 0.4) is 0 Å². The zero-order valence-electron chi connectivity index (χ0n) is 20.5. The summed E-state index contributed by atoms with van der Waals surface area (Å²) < 4.78 is 15.8. The Morgan fingerprint density at radius 3 is 1.53 bits per heavy atom. The Balaban J connectivity index is 3.50. The van der Waals surface area contributed by atoms with Gasteiger partial charge in [-0.3, -0.25) is 9.97 Å². The van der Waals surface area contributed by atoms with Crippen LogP contribution in [-0.2, 0) is 34.1 Å². The average molecular weight is 510 g/mol. The van der Waals surface area contributed by atoms with Crippen molar-refractivity contribution in [3.05, 3.63) is 67.9 Å². The number of aromatic nitrogens is 3. The van der Waals surface area contributed by atoms with E-state index >= 15 is 0 Å². The van der Waals surface area contributed by atoms with Crippen molar-refractivity contribution < 1.29 is 33.7 Å². The minimum absolute atomic E-state index is 0.0855. The summed E-state index contributed by atoms with van der Waals surface area (Å²) in [6.45, 7) is 13.5. The Kier molecular flexibility index (Phi) is 11.0. The van der Waals surface area contributed by atoms with Crippen LogP contribution in [0.25, 0.3) is 0 Å². The second-order valence-corrected chi connectivity index (χ2v) is 8.18. The molecular formula is C23H31N3O10. The van der Waals surface area contributed by atoms with Crippen molar-refractivity contribution in [1.29, 1.82) is 0 Å². The minimum Gasteiger partial charge on any atom is -0.462 e. The number of rotatable bonds is 14. The van der Waals surface area contributed by atoms with Gasteiger partial charge in [0.05, 0.1) is 31.5 Å². The number of hydrogen-bond acceptors (Lipinski definition) is 10. The van der Waals surface area contributed by atoms with Gasteiger partial charge in [0, 0.05) is 36.0 Å². The summed E-state index contributed by atoms with van der Waals surface area (Å²) in [5.41, 5.74) is -5.01. The first-order valence-electron chi connectivity index (χ1n) is 10.8. The Bertz CT molecular complexity index is 1140. The Hall–Kier alpha value is -4.00. The van der Waals surface area contributed by atoms with Crippen molar-refractivity contribution in [3.63, 3.8) is 0 Å². The first kappa shape index (κ1) is 30.0. The predicted octanol–water partition coefficient (Wildman–Crippen LogP) is -0.191. The van der Waals surface area contributed by atoms with Gasteiger partial charge in [-0.25, -0.2) is 33.3 Å². The van der Waals surface area contributed by atoms with E-state index in [2.05, 4.69) is 19.7 Å². The zero-order valence-corrected chi connectivity index (χ0v) is 20.5. The molecule has 0 aliphatic rings. The van der Waals surface area contributed by atoms with E-state index in [0.29, 0.717) is 4.57 Å². The van der Waals surface area contributed by atoms with E-state index in [0.717, 1.165) is 0 Å². The van der Waals surface area contributed by atoms with Gasteiger partial charge in [0.15, 0.2) is 0 Å². The molecule has 0 amide bonds. The monoisotopic (exact) mass is 509 g/mol. The maximum absolute atomic E-state index is 12.7. The summed E-state index contributed by atoms with van der Waals surface area (Å²) in [5.74, 6) is -2.24. The summed E-state index contributed by atoms with van der Waals surface area (Å²) in [6, 6.07) is 0. The molecular weight excluding hydrogens is 478 g/mol. The lowest BCUT2D eigenvalue weighted by molar-refractivity contribution is -0.144. The molecule has 1 atom stereocenters. The van der Waals surface area contributed by atoms with Crippen molar-refractivity contribution in [2.75, 3.05) is 19.8 Å². The van der Waals surface area contributed by atoms with Crippen LogP contribution in [0.2, 0.25) is 0 Å². The van der Waals surface area contributed by atoms with Gasteiger partial charge in [-0.15, -0.1) is 0 Å². The van der Waals surface area contributed by atoms with Crippen molar-refractivity contribution in [2.45, 2.75) is 51.7 Å². The van der Waals surface area contributed by atoms with Gasteiger partial charge in [-0.05, 0) is 20.8 Å². The molecule has 0 radical (unpaired) electrons. The highest BCUT2D eigenvalue weighted by Gasteiger charge is 2.43. The standard InChI is InChI=1S/C23H31N3O10/c1-13(2)17(28)34-10-7-16(27)23(8-11-35-18(29)14(3)4,9-12-36-19(30)15(5)6)26-21(32)24-20(31)25-22(26)33/h16,27H,1,3,5,7-12H2,2,4,6H3,(H2,24,25,31,32,33). The number of esters is 3. The highest BCUT2D eigenvalue weighted by Crippen LogP contribution is 2.30. The molecule has 0 fully saturated rings. The fraction of sp³-hybridized carbons (Fsp3) is 0.478. The number of carbonyl (C=O) groups is 3. The summed E-state index contributed by atoms with van der Waals surface area (Å²) in [5, 5.41) is 11.2. The predicted molar refractivity (Wildman–Crippen MR) is 127 cm³/mol. The molecule has 0 spiro atoms. The maximum Gasteiger partial charge on any atom is 0.334 e. The van der Waals surface area contributed by atoms with E-state index in [9.17, 15) is 33.9 Å². The van der Waals surface area contributed by atoms with Gasteiger partial charge in [0.25, 0.3) is 0 Å². The lowest BCUT2D eigenvalue weighted by atomic mass is 9.83. The first-order chi connectivity index (χ1) is 16.7. The van der Waals surface area contributed by atoms with Crippen LogP contribution in [-0.4, -0.2) is 63.5 Å². The third-order valence-electron chi connectivity index (χ3n) is 5.12. The Morgan fingerprint density at radius 2 is 1.17 bits per heavy atom. The van der Waals surface area contributed by atoms with Crippen LogP contribution in [0.4, 0.5) is 0 Å². The van der Waals surface area contributed by atoms with Gasteiger partial charge >= 0.3 is 35.0 Å². The number of nitrogens with one attached hydrogen (secondary N) is 2. The quantitative estimate of drug-likeness (QED) is 0.172. The normalized spacial score (nSPS) is 11.8. The number of aliphatic hydroxyl groups is 1. The molecule has 1 heterocycles. The number of nitrogens with zero attached hydrogens (tertiary/aromatic N) is 1. The topological polar surface area (TPSA) is 187 Å². The third-order valence-corrected chi connectivity index (χ3v) is 5.12. The van der Waals surface area contributed by atoms with E-state index in [4.69, 9.17) is 14.2 Å². The van der Waals surface area contributed by atoms with Crippen LogP contribution in [0.5, 0.6) is 0 Å². The highest BCUT2D eigenvalue weighted by atomic mass is 16.5. The fourth-order valence-electron chi connectivity index (χ4n) is 3.21. The lowest BCUT2D eigenvalue weighted by Crippen LogP contribution is -2.59. The highest BCUT2D eigenvalue weighted by molar-refractivity contribution is 5.87. The molecule has 1 rings (SSSR count). The molecule has 3 N–H and O–H groups in total. The van der Waals surface area contributed by atoms with E-state index in [1.165, 1.54) is 20.8 Å². The maximum atomic E-state index is 12.7. The molecule has 1 aromatic rings. The Labute approximate surface area is 206 Å². The molecule has 0 aromatic carbocycles. The lowest BCUT2D eigenvalue weighted by Gasteiger charge is -2.38. The van der Waals surface area contributed by atoms with Gasteiger partial charge < -0.3 is 19.3 Å². The first-order valence-corrected chi connectivity index (χ1v) is 10.8. The van der Waals surface area contributed by atoms with Crippen LogP contribution >= 0.6 is 0 Å². The molecule has 0 bridgehead atoms. The molecule has 0 saturated heterocycles. The molecule has 1 unspecified atom stereocenters. The van der Waals surface area contributed by atoms with Crippen LogP contribution in [0.1, 0.15) is 40.0 Å². The smallest absolute Gasteiger partial charge is 0.334 e. The number of hydrogen-bond donors (Lipinski definition) is 3. The average Bonchev–Trinajstić information content (AvgIpc) is 2.77. The Morgan fingerprint density at radius 1 is 0.806 bits per heavy atom. The molecule has 0 aliphatic carbocycles. The summed E-state index contributed by atoms with van der Waals surface area (Å²) in [7, 11) is 0. The number of aromatic amines is 2. The molecule has 36 heavy (non-hydrogen) atoms. The van der Waals surface area contributed by atoms with Gasteiger partial charge in [0.1, 0.15) is 0 Å². The minimum atomic E-state index is -1.88. The van der Waals surface area contributed by atoms with E-state index < -0.39 is 59.8 Å². The summed E-state index contributed by atoms with van der Waals surface area (Å²) in [6.07, 6.45) is -2.54.